The molecule has 0 saturated carbocycles. The third-order valence-electron chi connectivity index (χ3n) is 5.17. The normalized spacial score (nSPS) is 15.7. The highest BCUT2D eigenvalue weighted by Crippen LogP contribution is 2.51. The van der Waals surface area contributed by atoms with Crippen LogP contribution in [-0.2, 0) is 17.6 Å². The molecule has 0 fully saturated rings. The first kappa shape index (κ1) is 14.0. The lowest BCUT2D eigenvalue weighted by atomic mass is 9.72. The molecule has 0 atom stereocenters. The van der Waals surface area contributed by atoms with Crippen LogP contribution in [0.3, 0.4) is 0 Å². The Balaban J connectivity index is 1.89. The summed E-state index contributed by atoms with van der Waals surface area (Å²) in [6.07, 6.45) is 5.79. The molecule has 2 nitrogen and oxygen atoms in total. The second-order valence-corrected chi connectivity index (χ2v) is 6.39. The van der Waals surface area contributed by atoms with Crippen molar-refractivity contribution in [1.82, 2.24) is 0 Å². The van der Waals surface area contributed by atoms with Crippen LogP contribution < -0.4 is 0 Å². The second kappa shape index (κ2) is 4.95. The van der Waals surface area contributed by atoms with Crippen LogP contribution in [0, 0.1) is 5.41 Å². The molecule has 0 bridgehead atoms. The summed E-state index contributed by atoms with van der Waals surface area (Å²) >= 11 is 0. The highest BCUT2D eigenvalue weighted by Gasteiger charge is 2.45. The molecular weight excluding hydrogens is 284 g/mol. The van der Waals surface area contributed by atoms with E-state index < -0.39 is 11.4 Å². The van der Waals surface area contributed by atoms with Crippen molar-refractivity contribution in [3.63, 3.8) is 0 Å². The summed E-state index contributed by atoms with van der Waals surface area (Å²) in [6, 6.07) is 16.2. The Bertz CT molecular complexity index is 807. The van der Waals surface area contributed by atoms with E-state index >= 15 is 0 Å². The average molecular weight is 302 g/mol. The molecule has 0 heterocycles. The molecule has 0 saturated heterocycles. The van der Waals surface area contributed by atoms with Crippen LogP contribution in [0.25, 0.3) is 11.1 Å². The molecule has 2 aromatic carbocycles. The first-order valence-corrected chi connectivity index (χ1v) is 7.93. The molecule has 23 heavy (non-hydrogen) atoms. The third kappa shape index (κ3) is 1.91. The van der Waals surface area contributed by atoms with Gasteiger partial charge in [0.15, 0.2) is 0 Å². The Hall–Kier alpha value is -2.61. The third-order valence-corrected chi connectivity index (χ3v) is 5.17. The fraction of sp³-hybridized carbons (Fsp3) is 0.190. The number of fused-ring (bicyclic) bond motifs is 2. The standard InChI is InChI=1S/C21H18O2/c1-21(20(22)23,18-12-10-14-6-2-4-8-16(14)18)19-13-11-15-7-3-5-9-17(15)19/h2-9,12-13H,10-11H2,1H3,(H,22,23). The minimum Gasteiger partial charge on any atom is -0.480 e. The number of hydrogen-bond donors (Lipinski definition) is 1. The maximum atomic E-state index is 12.3. The Kier molecular flexibility index (Phi) is 3.02. The van der Waals surface area contributed by atoms with Gasteiger partial charge in [-0.2, -0.15) is 0 Å². The van der Waals surface area contributed by atoms with Crippen LogP contribution in [0.5, 0.6) is 0 Å². The molecule has 0 unspecified atom stereocenters. The molecule has 0 aliphatic heterocycles. The van der Waals surface area contributed by atoms with E-state index in [4.69, 9.17) is 0 Å². The van der Waals surface area contributed by atoms with Gasteiger partial charge in [-0.1, -0.05) is 60.7 Å². The fourth-order valence-electron chi connectivity index (χ4n) is 3.89. The predicted molar refractivity (Wildman–Crippen MR) is 92.0 cm³/mol. The van der Waals surface area contributed by atoms with Crippen LogP contribution in [0.4, 0.5) is 0 Å². The Labute approximate surface area is 135 Å². The predicted octanol–water partition coefficient (Wildman–Crippen LogP) is 4.36. The highest BCUT2D eigenvalue weighted by molar-refractivity contribution is 6.07. The van der Waals surface area contributed by atoms with Crippen LogP contribution >= 0.6 is 0 Å². The highest BCUT2D eigenvalue weighted by atomic mass is 16.4. The zero-order chi connectivity index (χ0) is 16.0. The molecule has 0 radical (unpaired) electrons. The first-order chi connectivity index (χ1) is 11.1. The van der Waals surface area contributed by atoms with Crippen molar-refractivity contribution in [2.45, 2.75) is 19.8 Å². The van der Waals surface area contributed by atoms with Crippen molar-refractivity contribution in [3.8, 4) is 0 Å². The summed E-state index contributed by atoms with van der Waals surface area (Å²) < 4.78 is 0. The second-order valence-electron chi connectivity index (χ2n) is 6.39. The van der Waals surface area contributed by atoms with Gasteiger partial charge in [0.05, 0.1) is 0 Å². The number of hydrogen-bond acceptors (Lipinski definition) is 1. The maximum absolute atomic E-state index is 12.3. The van der Waals surface area contributed by atoms with Crippen molar-refractivity contribution in [2.75, 3.05) is 0 Å². The first-order valence-electron chi connectivity index (χ1n) is 7.93. The summed E-state index contributed by atoms with van der Waals surface area (Å²) in [4.78, 5) is 12.3. The lowest BCUT2D eigenvalue weighted by molar-refractivity contribution is -0.141. The number of carbonyl (C=O) groups is 1. The van der Waals surface area contributed by atoms with E-state index in [0.29, 0.717) is 0 Å². The van der Waals surface area contributed by atoms with Gasteiger partial charge >= 0.3 is 5.97 Å². The van der Waals surface area contributed by atoms with Gasteiger partial charge in [-0.3, -0.25) is 4.79 Å². The molecule has 2 heteroatoms. The minimum atomic E-state index is -1.01. The molecule has 114 valence electrons. The Morgan fingerprint density at radius 1 is 0.870 bits per heavy atom. The van der Waals surface area contributed by atoms with Crippen LogP contribution in [0.15, 0.2) is 60.7 Å². The number of benzene rings is 2. The SMILES string of the molecule is CC(C(=O)O)(C1=CCc2ccccc21)C1=CCc2ccccc21. The van der Waals surface area contributed by atoms with E-state index in [1.807, 2.05) is 43.3 Å². The molecule has 1 N–H and O–H groups in total. The summed E-state index contributed by atoms with van der Waals surface area (Å²) in [7, 11) is 0. The quantitative estimate of drug-likeness (QED) is 0.915. The molecule has 0 amide bonds. The van der Waals surface area contributed by atoms with Gasteiger partial charge in [0.25, 0.3) is 0 Å². The van der Waals surface area contributed by atoms with Gasteiger partial charge in [0, 0.05) is 0 Å². The van der Waals surface area contributed by atoms with Gasteiger partial charge in [0.1, 0.15) is 5.41 Å². The Morgan fingerprint density at radius 2 is 1.30 bits per heavy atom. The van der Waals surface area contributed by atoms with Gasteiger partial charge in [-0.15, -0.1) is 0 Å². The topological polar surface area (TPSA) is 37.3 Å². The number of carboxylic acid groups (broad SMARTS) is 1. The molecule has 0 spiro atoms. The van der Waals surface area contributed by atoms with Crippen molar-refractivity contribution in [3.05, 3.63) is 82.9 Å². The molecule has 4 rings (SSSR count). The summed E-state index contributed by atoms with van der Waals surface area (Å²) in [5.74, 6) is -0.789. The van der Waals surface area contributed by atoms with Crippen molar-refractivity contribution < 1.29 is 9.90 Å². The van der Waals surface area contributed by atoms with Crippen molar-refractivity contribution in [2.24, 2.45) is 5.41 Å². The summed E-state index contributed by atoms with van der Waals surface area (Å²) in [5, 5.41) is 10.1. The van der Waals surface area contributed by atoms with E-state index in [-0.39, 0.29) is 0 Å². The monoisotopic (exact) mass is 302 g/mol. The smallest absolute Gasteiger partial charge is 0.318 e. The van der Waals surface area contributed by atoms with Crippen molar-refractivity contribution >= 4 is 17.1 Å². The summed E-state index contributed by atoms with van der Waals surface area (Å²) in [5.41, 5.74) is 5.39. The molecule has 0 aromatic heterocycles. The van der Waals surface area contributed by atoms with E-state index in [0.717, 1.165) is 35.1 Å². The average Bonchev–Trinajstić information content (AvgIpc) is 3.18. The molecule has 2 aliphatic carbocycles. The minimum absolute atomic E-state index is 0.789. The largest absolute Gasteiger partial charge is 0.480 e. The number of aliphatic carboxylic acids is 1. The van der Waals surface area contributed by atoms with E-state index in [2.05, 4.69) is 24.3 Å². The van der Waals surface area contributed by atoms with E-state index in [9.17, 15) is 9.90 Å². The van der Waals surface area contributed by atoms with Crippen LogP contribution in [0.2, 0.25) is 0 Å². The zero-order valence-electron chi connectivity index (χ0n) is 13.0. The van der Waals surface area contributed by atoms with E-state index in [1.54, 1.807) is 0 Å². The summed E-state index contributed by atoms with van der Waals surface area (Å²) in [6.45, 7) is 1.84. The molecule has 2 aliphatic rings. The number of rotatable bonds is 3. The van der Waals surface area contributed by atoms with Gasteiger partial charge in [0.2, 0.25) is 0 Å². The van der Waals surface area contributed by atoms with Gasteiger partial charge in [-0.05, 0) is 53.2 Å². The lowest BCUT2D eigenvalue weighted by Gasteiger charge is -2.30. The van der Waals surface area contributed by atoms with Crippen LogP contribution in [-0.4, -0.2) is 11.1 Å². The van der Waals surface area contributed by atoms with Gasteiger partial charge < -0.3 is 5.11 Å². The number of carboxylic acids is 1. The Morgan fingerprint density at radius 3 is 1.74 bits per heavy atom. The maximum Gasteiger partial charge on any atom is 0.318 e. The molecular formula is C21H18O2. The van der Waals surface area contributed by atoms with E-state index in [1.165, 1.54) is 11.1 Å². The van der Waals surface area contributed by atoms with Crippen molar-refractivity contribution in [1.29, 1.82) is 0 Å². The van der Waals surface area contributed by atoms with Crippen LogP contribution in [0.1, 0.15) is 29.2 Å². The zero-order valence-corrected chi connectivity index (χ0v) is 13.0. The lowest BCUT2D eigenvalue weighted by Crippen LogP contribution is -2.30. The van der Waals surface area contributed by atoms with Gasteiger partial charge in [-0.25, -0.2) is 0 Å². The fourth-order valence-corrected chi connectivity index (χ4v) is 3.89. The molecule has 2 aromatic rings. The number of allylic oxidation sites excluding steroid dienone is 2.